The van der Waals surface area contributed by atoms with Gasteiger partial charge in [0.1, 0.15) is 6.04 Å². The predicted octanol–water partition coefficient (Wildman–Crippen LogP) is 2.89. The maximum atomic E-state index is 10.5. The molecule has 0 heterocycles. The van der Waals surface area contributed by atoms with Gasteiger partial charge >= 0.3 is 5.97 Å². The maximum absolute atomic E-state index is 10.5. The Hall–Kier alpha value is -1.06. The van der Waals surface area contributed by atoms with E-state index in [2.05, 4.69) is 4.99 Å². The van der Waals surface area contributed by atoms with Crippen molar-refractivity contribution < 1.29 is 9.90 Å². The van der Waals surface area contributed by atoms with Gasteiger partial charge in [-0.1, -0.05) is 29.3 Å². The van der Waals surface area contributed by atoms with Gasteiger partial charge in [0.2, 0.25) is 0 Å². The lowest BCUT2D eigenvalue weighted by molar-refractivity contribution is -0.137. The van der Waals surface area contributed by atoms with E-state index in [1.165, 1.54) is 13.1 Å². The standard InChI is InChI=1S/C10H9Cl2NO2/c1-6(10(14)15)13-5-7-8(11)3-2-4-9(7)12/h2-6H,1H3,(H,14,15)/t6-/m0/s1. The van der Waals surface area contributed by atoms with E-state index in [-0.39, 0.29) is 0 Å². The highest BCUT2D eigenvalue weighted by molar-refractivity contribution is 6.38. The number of carbonyl (C=O) groups is 1. The molecule has 1 aromatic rings. The predicted molar refractivity (Wildman–Crippen MR) is 61.2 cm³/mol. The highest BCUT2D eigenvalue weighted by atomic mass is 35.5. The number of carboxylic acids is 1. The van der Waals surface area contributed by atoms with E-state index in [9.17, 15) is 4.79 Å². The molecule has 80 valence electrons. The molecule has 1 atom stereocenters. The number of hydrogen-bond donors (Lipinski definition) is 1. The zero-order chi connectivity index (χ0) is 11.4. The van der Waals surface area contributed by atoms with E-state index in [4.69, 9.17) is 28.3 Å². The number of rotatable bonds is 3. The van der Waals surface area contributed by atoms with Gasteiger partial charge in [0.05, 0.1) is 10.0 Å². The van der Waals surface area contributed by atoms with Crippen molar-refractivity contribution >= 4 is 35.4 Å². The maximum Gasteiger partial charge on any atom is 0.328 e. The lowest BCUT2D eigenvalue weighted by Gasteiger charge is -2.02. The number of benzene rings is 1. The summed E-state index contributed by atoms with van der Waals surface area (Å²) in [6.07, 6.45) is 1.38. The van der Waals surface area contributed by atoms with Gasteiger partial charge in [-0.05, 0) is 19.1 Å². The first-order valence-electron chi connectivity index (χ1n) is 4.22. The van der Waals surface area contributed by atoms with Crippen molar-refractivity contribution in [3.63, 3.8) is 0 Å². The van der Waals surface area contributed by atoms with Crippen LogP contribution in [0.4, 0.5) is 0 Å². The Morgan fingerprint density at radius 2 is 2.00 bits per heavy atom. The van der Waals surface area contributed by atoms with E-state index in [0.29, 0.717) is 15.6 Å². The smallest absolute Gasteiger partial charge is 0.328 e. The minimum Gasteiger partial charge on any atom is -0.480 e. The Bertz CT molecular complexity index is 384. The van der Waals surface area contributed by atoms with Crippen LogP contribution in [0.3, 0.4) is 0 Å². The molecule has 5 heteroatoms. The fourth-order valence-corrected chi connectivity index (χ4v) is 1.38. The molecular weight excluding hydrogens is 237 g/mol. The molecule has 1 N–H and O–H groups in total. The average Bonchev–Trinajstić information content (AvgIpc) is 2.16. The summed E-state index contributed by atoms with van der Waals surface area (Å²) in [5, 5.41) is 9.51. The van der Waals surface area contributed by atoms with Crippen molar-refractivity contribution in [1.29, 1.82) is 0 Å². The van der Waals surface area contributed by atoms with Gasteiger partial charge in [-0.2, -0.15) is 0 Å². The second-order valence-corrected chi connectivity index (χ2v) is 3.74. The van der Waals surface area contributed by atoms with Crippen LogP contribution in [0.5, 0.6) is 0 Å². The third kappa shape index (κ3) is 3.22. The van der Waals surface area contributed by atoms with Crippen LogP contribution in [0.25, 0.3) is 0 Å². The first-order valence-corrected chi connectivity index (χ1v) is 4.98. The molecule has 15 heavy (non-hydrogen) atoms. The van der Waals surface area contributed by atoms with Crippen LogP contribution in [-0.4, -0.2) is 23.3 Å². The van der Waals surface area contributed by atoms with Crippen molar-refractivity contribution in [1.82, 2.24) is 0 Å². The van der Waals surface area contributed by atoms with Gasteiger partial charge in [-0.15, -0.1) is 0 Å². The summed E-state index contributed by atoms with van der Waals surface area (Å²) in [5.74, 6) is -0.991. The summed E-state index contributed by atoms with van der Waals surface area (Å²) in [5.41, 5.74) is 0.536. The molecule has 0 amide bonds. The molecule has 0 fully saturated rings. The molecule has 0 aliphatic rings. The Kier molecular flexibility index (Phi) is 4.12. The molecule has 0 unspecified atom stereocenters. The lowest BCUT2D eigenvalue weighted by atomic mass is 10.2. The van der Waals surface area contributed by atoms with Gasteiger partial charge in [-0.25, -0.2) is 4.79 Å². The zero-order valence-electron chi connectivity index (χ0n) is 7.95. The highest BCUT2D eigenvalue weighted by Crippen LogP contribution is 2.22. The lowest BCUT2D eigenvalue weighted by Crippen LogP contribution is -2.13. The second-order valence-electron chi connectivity index (χ2n) is 2.93. The molecular formula is C10H9Cl2NO2. The third-order valence-electron chi connectivity index (χ3n) is 1.78. The van der Waals surface area contributed by atoms with E-state index in [1.807, 2.05) is 0 Å². The molecule has 1 aromatic carbocycles. The van der Waals surface area contributed by atoms with E-state index >= 15 is 0 Å². The van der Waals surface area contributed by atoms with E-state index < -0.39 is 12.0 Å². The van der Waals surface area contributed by atoms with Crippen molar-refractivity contribution in [3.05, 3.63) is 33.8 Å². The van der Waals surface area contributed by atoms with Crippen molar-refractivity contribution in [3.8, 4) is 0 Å². The summed E-state index contributed by atoms with van der Waals surface area (Å²) in [4.78, 5) is 14.3. The van der Waals surface area contributed by atoms with Crippen LogP contribution in [-0.2, 0) is 4.79 Å². The van der Waals surface area contributed by atoms with Crippen LogP contribution in [0.2, 0.25) is 10.0 Å². The number of hydrogen-bond acceptors (Lipinski definition) is 2. The zero-order valence-corrected chi connectivity index (χ0v) is 9.46. The molecule has 0 spiro atoms. The topological polar surface area (TPSA) is 49.7 Å². The fourth-order valence-electron chi connectivity index (χ4n) is 0.884. The average molecular weight is 246 g/mol. The van der Waals surface area contributed by atoms with E-state index in [1.54, 1.807) is 18.2 Å². The first-order chi connectivity index (χ1) is 7.02. The summed E-state index contributed by atoms with van der Waals surface area (Å²) in [6.45, 7) is 1.48. The molecule has 0 saturated heterocycles. The molecule has 0 radical (unpaired) electrons. The third-order valence-corrected chi connectivity index (χ3v) is 2.44. The van der Waals surface area contributed by atoms with Crippen LogP contribution in [0.15, 0.2) is 23.2 Å². The monoisotopic (exact) mass is 245 g/mol. The highest BCUT2D eigenvalue weighted by Gasteiger charge is 2.08. The van der Waals surface area contributed by atoms with Crippen LogP contribution >= 0.6 is 23.2 Å². The van der Waals surface area contributed by atoms with Gasteiger partial charge in [0, 0.05) is 11.8 Å². The van der Waals surface area contributed by atoms with Crippen LogP contribution in [0, 0.1) is 0 Å². The first kappa shape index (κ1) is 12.0. The molecule has 0 bridgehead atoms. The SMILES string of the molecule is C[C@H](N=Cc1c(Cl)cccc1Cl)C(=O)O. The molecule has 1 rings (SSSR count). The summed E-state index contributed by atoms with van der Waals surface area (Å²) >= 11 is 11.7. The Balaban J connectivity index is 2.94. The second kappa shape index (κ2) is 5.14. The Labute approximate surface area is 97.3 Å². The minimum absolute atomic E-state index is 0.448. The van der Waals surface area contributed by atoms with Gasteiger partial charge in [0.15, 0.2) is 0 Å². The molecule has 0 aliphatic carbocycles. The number of carboxylic acid groups (broad SMARTS) is 1. The van der Waals surface area contributed by atoms with Gasteiger partial charge in [-0.3, -0.25) is 4.99 Å². The van der Waals surface area contributed by atoms with Crippen molar-refractivity contribution in [2.75, 3.05) is 0 Å². The summed E-state index contributed by atoms with van der Waals surface area (Å²) in [7, 11) is 0. The minimum atomic E-state index is -0.991. The summed E-state index contributed by atoms with van der Waals surface area (Å²) < 4.78 is 0. The van der Waals surface area contributed by atoms with Gasteiger partial charge in [0.25, 0.3) is 0 Å². The molecule has 0 saturated carbocycles. The normalized spacial score (nSPS) is 13.0. The quantitative estimate of drug-likeness (QED) is 0.833. The molecule has 3 nitrogen and oxygen atoms in total. The largest absolute Gasteiger partial charge is 0.480 e. The number of aliphatic carboxylic acids is 1. The van der Waals surface area contributed by atoms with Crippen LogP contribution < -0.4 is 0 Å². The fraction of sp³-hybridized carbons (Fsp3) is 0.200. The summed E-state index contributed by atoms with van der Waals surface area (Å²) in [6, 6.07) is 4.24. The van der Waals surface area contributed by atoms with Crippen molar-refractivity contribution in [2.45, 2.75) is 13.0 Å². The number of aliphatic imine (C=N–C) groups is 1. The molecule has 0 aromatic heterocycles. The Morgan fingerprint density at radius 3 is 2.47 bits per heavy atom. The molecule has 0 aliphatic heterocycles. The van der Waals surface area contributed by atoms with E-state index in [0.717, 1.165) is 0 Å². The Morgan fingerprint density at radius 1 is 1.47 bits per heavy atom. The van der Waals surface area contributed by atoms with Crippen LogP contribution in [0.1, 0.15) is 12.5 Å². The van der Waals surface area contributed by atoms with Gasteiger partial charge < -0.3 is 5.11 Å². The number of nitrogens with zero attached hydrogens (tertiary/aromatic N) is 1. The van der Waals surface area contributed by atoms with Crippen molar-refractivity contribution in [2.24, 2.45) is 4.99 Å². The number of halogens is 2.